The summed E-state index contributed by atoms with van der Waals surface area (Å²) in [4.78, 5) is 46.7. The molecule has 2 aliphatic heterocycles. The Kier molecular flexibility index (Phi) is 5.95. The lowest BCUT2D eigenvalue weighted by Crippen LogP contribution is -2.52. The van der Waals surface area contributed by atoms with Crippen molar-refractivity contribution >= 4 is 40.1 Å². The van der Waals surface area contributed by atoms with Gasteiger partial charge in [-0.25, -0.2) is 0 Å². The molecule has 1 aromatic heterocycles. The van der Waals surface area contributed by atoms with Gasteiger partial charge in [0.05, 0.1) is 30.3 Å². The van der Waals surface area contributed by atoms with Crippen molar-refractivity contribution in [2.24, 2.45) is 0 Å². The zero-order chi connectivity index (χ0) is 29.2. The first kappa shape index (κ1) is 26.0. The first-order chi connectivity index (χ1) is 20.3. The highest BCUT2D eigenvalue weighted by atomic mass is 35.5. The molecule has 2 amide bonds. The summed E-state index contributed by atoms with van der Waals surface area (Å²) in [5.74, 6) is -0.395. The van der Waals surface area contributed by atoms with Gasteiger partial charge in [-0.1, -0.05) is 71.8 Å². The normalized spacial score (nSPS) is 17.3. The van der Waals surface area contributed by atoms with Crippen LogP contribution in [0.1, 0.15) is 38.4 Å². The maximum Gasteiger partial charge on any atom is 0.291 e. The van der Waals surface area contributed by atoms with E-state index in [0.717, 1.165) is 16.7 Å². The molecule has 0 saturated carbocycles. The van der Waals surface area contributed by atoms with Crippen molar-refractivity contribution in [1.82, 2.24) is 4.90 Å². The van der Waals surface area contributed by atoms with Crippen LogP contribution in [0.3, 0.4) is 0 Å². The summed E-state index contributed by atoms with van der Waals surface area (Å²) in [5.41, 5.74) is 2.03. The molecule has 0 radical (unpaired) electrons. The molecule has 1 spiro atoms. The predicted molar refractivity (Wildman–Crippen MR) is 160 cm³/mol. The van der Waals surface area contributed by atoms with Crippen LogP contribution in [0.4, 0.5) is 5.69 Å². The Bertz CT molecular complexity index is 1970. The largest absolute Gasteiger partial charge is 0.497 e. The van der Waals surface area contributed by atoms with E-state index in [1.807, 2.05) is 67.6 Å². The topological polar surface area (TPSA) is 80.1 Å². The fourth-order valence-corrected chi connectivity index (χ4v) is 6.30. The molecule has 1 atom stereocenters. The number of para-hydroxylation sites is 1. The van der Waals surface area contributed by atoms with E-state index in [9.17, 15) is 14.4 Å². The van der Waals surface area contributed by atoms with Crippen molar-refractivity contribution in [2.75, 3.05) is 12.0 Å². The molecule has 2 aliphatic rings. The fourth-order valence-electron chi connectivity index (χ4n) is 6.13. The third kappa shape index (κ3) is 3.70. The first-order valence-corrected chi connectivity index (χ1v) is 13.9. The minimum absolute atomic E-state index is 0.0136. The molecule has 4 aromatic carbocycles. The summed E-state index contributed by atoms with van der Waals surface area (Å²) in [5, 5.41) is 0.560. The monoisotopic (exact) mass is 576 g/mol. The lowest BCUT2D eigenvalue weighted by Gasteiger charge is -2.34. The molecule has 208 valence electrons. The molecule has 0 fully saturated rings. The highest BCUT2D eigenvalue weighted by Gasteiger charge is 2.65. The summed E-state index contributed by atoms with van der Waals surface area (Å²) in [7, 11) is 1.58. The third-order valence-electron chi connectivity index (χ3n) is 8.16. The minimum Gasteiger partial charge on any atom is -0.497 e. The van der Waals surface area contributed by atoms with Gasteiger partial charge in [-0.3, -0.25) is 14.4 Å². The molecule has 3 heterocycles. The van der Waals surface area contributed by atoms with Gasteiger partial charge in [0.15, 0.2) is 11.0 Å². The number of carbonyl (C=O) groups is 2. The molecule has 7 nitrogen and oxygen atoms in total. The number of benzene rings is 4. The number of rotatable bonds is 5. The van der Waals surface area contributed by atoms with E-state index in [4.69, 9.17) is 20.8 Å². The van der Waals surface area contributed by atoms with E-state index in [-0.39, 0.29) is 35.4 Å². The average molecular weight is 577 g/mol. The minimum atomic E-state index is -1.73. The Labute approximate surface area is 246 Å². The number of ether oxygens (including phenoxy) is 1. The lowest BCUT2D eigenvalue weighted by atomic mass is 9.83. The number of methoxy groups -OCH3 is 1. The van der Waals surface area contributed by atoms with Crippen LogP contribution in [0.2, 0.25) is 5.02 Å². The van der Waals surface area contributed by atoms with Gasteiger partial charge >= 0.3 is 0 Å². The van der Waals surface area contributed by atoms with E-state index in [2.05, 4.69) is 0 Å². The van der Waals surface area contributed by atoms with E-state index < -0.39 is 22.8 Å². The Morgan fingerprint density at radius 3 is 2.29 bits per heavy atom. The lowest BCUT2D eigenvalue weighted by molar-refractivity contribution is -0.126. The van der Waals surface area contributed by atoms with Crippen molar-refractivity contribution in [2.45, 2.75) is 25.6 Å². The number of amides is 2. The second-order valence-corrected chi connectivity index (χ2v) is 11.1. The molecule has 1 unspecified atom stereocenters. The number of hydrogen-bond donors (Lipinski definition) is 0. The van der Waals surface area contributed by atoms with Crippen molar-refractivity contribution in [3.05, 3.63) is 140 Å². The summed E-state index contributed by atoms with van der Waals surface area (Å²) in [6.45, 7) is 2.33. The molecule has 5 aromatic rings. The van der Waals surface area contributed by atoms with Crippen LogP contribution < -0.4 is 15.1 Å². The molecule has 8 heteroatoms. The maximum atomic E-state index is 14.9. The molecule has 0 saturated heterocycles. The zero-order valence-electron chi connectivity index (χ0n) is 22.9. The Balaban J connectivity index is 1.49. The first-order valence-electron chi connectivity index (χ1n) is 13.5. The average Bonchev–Trinajstić information content (AvgIpc) is 3.39. The van der Waals surface area contributed by atoms with Crippen molar-refractivity contribution in [3.8, 4) is 5.75 Å². The number of aryl methyl sites for hydroxylation is 1. The van der Waals surface area contributed by atoms with Crippen LogP contribution in [-0.2, 0) is 23.4 Å². The standard InChI is InChI=1S/C34H25ClN2O5/c1-20-7-9-21(10-8-20)18-36-27-6-4-3-5-26(27)34(33(36)40)29-30(38)25-17-23(35)13-16-28(25)42-31(29)32(39)37(34)19-22-11-14-24(41-2)15-12-22/h3-17H,18-19H2,1-2H3. The quantitative estimate of drug-likeness (QED) is 0.248. The van der Waals surface area contributed by atoms with Crippen molar-refractivity contribution in [1.29, 1.82) is 0 Å². The predicted octanol–water partition coefficient (Wildman–Crippen LogP) is 6.21. The Hall–Kier alpha value is -4.88. The van der Waals surface area contributed by atoms with E-state index in [0.29, 0.717) is 22.0 Å². The summed E-state index contributed by atoms with van der Waals surface area (Å²) in [6.07, 6.45) is 0. The number of carbonyl (C=O) groups excluding carboxylic acids is 2. The molecule has 0 aliphatic carbocycles. The van der Waals surface area contributed by atoms with Crippen LogP contribution in [0.15, 0.2) is 100 Å². The molecular formula is C34H25ClN2O5. The molecular weight excluding hydrogens is 552 g/mol. The number of hydrogen-bond acceptors (Lipinski definition) is 5. The maximum absolute atomic E-state index is 14.9. The highest BCUT2D eigenvalue weighted by Crippen LogP contribution is 2.53. The molecule has 0 N–H and O–H groups in total. The molecule has 0 bridgehead atoms. The smallest absolute Gasteiger partial charge is 0.291 e. The van der Waals surface area contributed by atoms with Crippen molar-refractivity contribution in [3.63, 3.8) is 0 Å². The van der Waals surface area contributed by atoms with Gasteiger partial charge in [0.25, 0.3) is 11.8 Å². The highest BCUT2D eigenvalue weighted by molar-refractivity contribution is 6.31. The van der Waals surface area contributed by atoms with E-state index in [1.165, 1.54) is 11.0 Å². The second kappa shape index (κ2) is 9.60. The van der Waals surface area contributed by atoms with Gasteiger partial charge in [0.2, 0.25) is 5.76 Å². The summed E-state index contributed by atoms with van der Waals surface area (Å²) >= 11 is 6.27. The molecule has 42 heavy (non-hydrogen) atoms. The van der Waals surface area contributed by atoms with Crippen LogP contribution in [0.5, 0.6) is 5.75 Å². The van der Waals surface area contributed by atoms with Crippen LogP contribution in [-0.4, -0.2) is 23.8 Å². The molecule has 7 rings (SSSR count). The van der Waals surface area contributed by atoms with Crippen LogP contribution >= 0.6 is 11.6 Å². The summed E-state index contributed by atoms with van der Waals surface area (Å²) in [6, 6.07) is 27.2. The fraction of sp³-hybridized carbons (Fsp3) is 0.147. The van der Waals surface area contributed by atoms with Crippen LogP contribution in [0, 0.1) is 6.92 Å². The SMILES string of the molecule is COc1ccc(CN2C(=O)c3oc4ccc(Cl)cc4c(=O)c3C23C(=O)N(Cc2ccc(C)cc2)c2ccccc23)cc1. The van der Waals surface area contributed by atoms with Gasteiger partial charge in [0.1, 0.15) is 11.3 Å². The number of anilines is 1. The number of fused-ring (bicyclic) bond motifs is 5. The number of nitrogens with zero attached hydrogens (tertiary/aromatic N) is 2. The van der Waals surface area contributed by atoms with E-state index >= 15 is 0 Å². The Morgan fingerprint density at radius 1 is 0.857 bits per heavy atom. The second-order valence-electron chi connectivity index (χ2n) is 10.6. The summed E-state index contributed by atoms with van der Waals surface area (Å²) < 4.78 is 11.4. The van der Waals surface area contributed by atoms with Gasteiger partial charge in [0, 0.05) is 17.1 Å². The Morgan fingerprint density at radius 2 is 1.55 bits per heavy atom. The zero-order valence-corrected chi connectivity index (χ0v) is 23.6. The van der Waals surface area contributed by atoms with Gasteiger partial charge in [-0.2, -0.15) is 0 Å². The van der Waals surface area contributed by atoms with Crippen molar-refractivity contribution < 1.29 is 18.7 Å². The number of halogens is 1. The van der Waals surface area contributed by atoms with E-state index in [1.54, 1.807) is 36.3 Å². The van der Waals surface area contributed by atoms with Gasteiger partial charge < -0.3 is 19.0 Å². The van der Waals surface area contributed by atoms with Gasteiger partial charge in [-0.05, 0) is 54.4 Å². The van der Waals surface area contributed by atoms with Gasteiger partial charge in [-0.15, -0.1) is 0 Å². The third-order valence-corrected chi connectivity index (χ3v) is 8.39. The van der Waals surface area contributed by atoms with Crippen LogP contribution in [0.25, 0.3) is 11.0 Å².